The number of hydrogen-bond acceptors (Lipinski definition) is 8. The summed E-state index contributed by atoms with van der Waals surface area (Å²) in [5, 5.41) is 11.9. The van der Waals surface area contributed by atoms with Crippen LogP contribution >= 0.6 is 11.3 Å². The van der Waals surface area contributed by atoms with Gasteiger partial charge in [-0.2, -0.15) is 26.3 Å². The minimum Gasteiger partial charge on any atom is -0.496 e. The van der Waals surface area contributed by atoms with E-state index in [-0.39, 0.29) is 50.0 Å². The van der Waals surface area contributed by atoms with Crippen molar-refractivity contribution in [3.63, 3.8) is 0 Å². The first kappa shape index (κ1) is 38.3. The number of alkyl halides is 6. The van der Waals surface area contributed by atoms with Crippen LogP contribution in [-0.4, -0.2) is 48.5 Å². The van der Waals surface area contributed by atoms with Gasteiger partial charge >= 0.3 is 18.4 Å². The molecule has 3 aromatic carbocycles. The number of halogens is 7. The quantitative estimate of drug-likeness (QED) is 0.161. The van der Waals surface area contributed by atoms with Crippen LogP contribution in [0.25, 0.3) is 10.1 Å². The molecule has 4 aromatic rings. The summed E-state index contributed by atoms with van der Waals surface area (Å²) in [5.41, 5.74) is -3.19. The second kappa shape index (κ2) is 14.1. The fourth-order valence-corrected chi connectivity index (χ4v) is 7.34. The van der Waals surface area contributed by atoms with E-state index in [1.807, 2.05) is 0 Å². The summed E-state index contributed by atoms with van der Waals surface area (Å²) >= 11 is 0.554. The number of oxime groups is 1. The SMILES string of the molecule is COc1ccc(C2=NOC3CC(NC(=O)OC(C)(C)C)CC23)cc1C(=O)Nc1c(C(=O)Nc2ccc(F)c(C(F)(F)F)c2)sc2cc(C(F)(F)F)ccc12. The Hall–Kier alpha value is -5.39. The molecule has 1 aliphatic heterocycles. The average molecular weight is 781 g/mol. The minimum absolute atomic E-state index is 0.0302. The number of fused-ring (bicyclic) bond motifs is 2. The molecule has 1 fully saturated rings. The Morgan fingerprint density at radius 3 is 2.30 bits per heavy atom. The Balaban J connectivity index is 1.30. The first-order valence-electron chi connectivity index (χ1n) is 16.3. The smallest absolute Gasteiger partial charge is 0.419 e. The molecule has 1 saturated carbocycles. The molecule has 1 aromatic heterocycles. The van der Waals surface area contributed by atoms with Crippen molar-refractivity contribution in [1.29, 1.82) is 0 Å². The molecule has 0 spiro atoms. The average Bonchev–Trinajstić information content (AvgIpc) is 3.76. The Kier molecular flexibility index (Phi) is 10.0. The minimum atomic E-state index is -5.09. The van der Waals surface area contributed by atoms with Crippen molar-refractivity contribution in [1.82, 2.24) is 5.32 Å². The number of rotatable bonds is 7. The normalized spacial score (nSPS) is 18.4. The molecule has 18 heteroatoms. The van der Waals surface area contributed by atoms with Gasteiger partial charge in [0, 0.05) is 39.7 Å². The molecule has 3 atom stereocenters. The van der Waals surface area contributed by atoms with E-state index in [1.165, 1.54) is 19.2 Å². The number of amides is 3. The van der Waals surface area contributed by atoms with Crippen LogP contribution in [-0.2, 0) is 21.9 Å². The standard InChI is InChI=1S/C36H31F7N4O6S/c1-34(2,3)52-33(50)45-19-13-21-26(15-19)53-47-28(21)16-5-10-25(51-4)22(11-16)31(48)46-29-20-8-6-17(35(38,39)40)12-27(20)54-30(29)32(49)44-18-7-9-24(37)23(14-18)36(41,42)43/h5-12,14,19,21,26H,13,15H2,1-4H3,(H,44,49)(H,45,50)(H,46,48). The number of hydrogen-bond donors (Lipinski definition) is 3. The summed E-state index contributed by atoms with van der Waals surface area (Å²) in [4.78, 5) is 45.2. The summed E-state index contributed by atoms with van der Waals surface area (Å²) < 4.78 is 106. The van der Waals surface area contributed by atoms with Crippen LogP contribution in [0.4, 0.5) is 46.9 Å². The van der Waals surface area contributed by atoms with Gasteiger partial charge < -0.3 is 30.3 Å². The maximum atomic E-state index is 14.0. The van der Waals surface area contributed by atoms with Gasteiger partial charge in [-0.25, -0.2) is 9.18 Å². The van der Waals surface area contributed by atoms with E-state index in [0.717, 1.165) is 24.3 Å². The summed E-state index contributed by atoms with van der Waals surface area (Å²) in [7, 11) is 1.30. The van der Waals surface area contributed by atoms with Crippen LogP contribution in [0.3, 0.4) is 0 Å². The Labute approximate surface area is 306 Å². The van der Waals surface area contributed by atoms with Crippen LogP contribution in [0.15, 0.2) is 59.8 Å². The number of anilines is 2. The molecule has 1 aliphatic carbocycles. The van der Waals surface area contributed by atoms with Crippen molar-refractivity contribution in [2.45, 2.75) is 63.7 Å². The Morgan fingerprint density at radius 1 is 0.889 bits per heavy atom. The van der Waals surface area contributed by atoms with E-state index < -0.39 is 58.5 Å². The number of carbonyl (C=O) groups is 3. The molecule has 0 saturated heterocycles. The topological polar surface area (TPSA) is 127 Å². The number of methoxy groups -OCH3 is 1. The number of carbonyl (C=O) groups excluding carboxylic acids is 3. The van der Waals surface area contributed by atoms with Gasteiger partial charge in [0.05, 0.1) is 35.2 Å². The predicted molar refractivity (Wildman–Crippen MR) is 184 cm³/mol. The molecular formula is C36H31F7N4O6S. The first-order chi connectivity index (χ1) is 25.2. The molecule has 0 radical (unpaired) electrons. The summed E-state index contributed by atoms with van der Waals surface area (Å²) in [6, 6.07) is 8.65. The van der Waals surface area contributed by atoms with E-state index in [2.05, 4.69) is 21.1 Å². The fraction of sp³-hybridized carbons (Fsp3) is 0.333. The van der Waals surface area contributed by atoms with Crippen LogP contribution in [0.2, 0.25) is 0 Å². The number of thiophene rings is 1. The Morgan fingerprint density at radius 2 is 1.63 bits per heavy atom. The molecule has 2 aliphatic rings. The van der Waals surface area contributed by atoms with E-state index in [0.29, 0.717) is 47.6 Å². The maximum Gasteiger partial charge on any atom is 0.419 e. The van der Waals surface area contributed by atoms with Gasteiger partial charge in [-0.3, -0.25) is 9.59 Å². The van der Waals surface area contributed by atoms with Gasteiger partial charge in [0.2, 0.25) is 0 Å². The zero-order valence-corrected chi connectivity index (χ0v) is 29.6. The lowest BCUT2D eigenvalue weighted by Crippen LogP contribution is -2.38. The van der Waals surface area contributed by atoms with Crippen molar-refractivity contribution in [3.05, 3.63) is 87.5 Å². The molecular weight excluding hydrogens is 749 g/mol. The van der Waals surface area contributed by atoms with E-state index >= 15 is 0 Å². The number of alkyl carbamates (subject to hydrolysis) is 1. The fourth-order valence-electron chi connectivity index (χ4n) is 6.25. The Bertz CT molecular complexity index is 2180. The summed E-state index contributed by atoms with van der Waals surface area (Å²) in [6.07, 6.45) is -9.89. The summed E-state index contributed by atoms with van der Waals surface area (Å²) in [5.74, 6) is -3.70. The van der Waals surface area contributed by atoms with Crippen LogP contribution < -0.4 is 20.7 Å². The lowest BCUT2D eigenvalue weighted by atomic mass is 9.93. The van der Waals surface area contributed by atoms with Crippen LogP contribution in [0.1, 0.15) is 70.3 Å². The highest BCUT2D eigenvalue weighted by molar-refractivity contribution is 7.21. The third-order valence-electron chi connectivity index (χ3n) is 8.59. The second-order valence-corrected chi connectivity index (χ2v) is 14.6. The molecule has 3 unspecified atom stereocenters. The molecule has 0 bridgehead atoms. The van der Waals surface area contributed by atoms with Gasteiger partial charge in [-0.05, 0) is 75.7 Å². The molecule has 3 N–H and O–H groups in total. The lowest BCUT2D eigenvalue weighted by Gasteiger charge is -2.21. The molecule has 6 rings (SSSR count). The zero-order valence-electron chi connectivity index (χ0n) is 28.8. The van der Waals surface area contributed by atoms with Gasteiger partial charge in [-0.15, -0.1) is 11.3 Å². The highest BCUT2D eigenvalue weighted by Gasteiger charge is 2.45. The third kappa shape index (κ3) is 8.07. The number of ether oxygens (including phenoxy) is 2. The van der Waals surface area contributed by atoms with Crippen LogP contribution in [0.5, 0.6) is 5.75 Å². The van der Waals surface area contributed by atoms with Gasteiger partial charge in [-0.1, -0.05) is 11.2 Å². The van der Waals surface area contributed by atoms with Crippen molar-refractivity contribution in [3.8, 4) is 5.75 Å². The predicted octanol–water partition coefficient (Wildman–Crippen LogP) is 9.00. The number of nitrogens with one attached hydrogen (secondary N) is 3. The highest BCUT2D eigenvalue weighted by atomic mass is 32.1. The van der Waals surface area contributed by atoms with Gasteiger partial charge in [0.1, 0.15) is 28.1 Å². The maximum absolute atomic E-state index is 14.0. The van der Waals surface area contributed by atoms with Crippen molar-refractivity contribution in [2.24, 2.45) is 11.1 Å². The monoisotopic (exact) mass is 780 g/mol. The van der Waals surface area contributed by atoms with Crippen LogP contribution in [0, 0.1) is 11.7 Å². The van der Waals surface area contributed by atoms with E-state index in [9.17, 15) is 45.1 Å². The third-order valence-corrected chi connectivity index (χ3v) is 9.75. The first-order valence-corrected chi connectivity index (χ1v) is 17.1. The second-order valence-electron chi connectivity index (χ2n) is 13.6. The van der Waals surface area contributed by atoms with Crippen molar-refractivity contribution >= 4 is 56.4 Å². The number of benzene rings is 3. The molecule has 286 valence electrons. The van der Waals surface area contributed by atoms with Crippen molar-refractivity contribution in [2.75, 3.05) is 17.7 Å². The van der Waals surface area contributed by atoms with Gasteiger partial charge in [0.15, 0.2) is 0 Å². The summed E-state index contributed by atoms with van der Waals surface area (Å²) in [6.45, 7) is 5.22. The van der Waals surface area contributed by atoms with Crippen molar-refractivity contribution < 1.29 is 59.4 Å². The molecule has 2 heterocycles. The molecule has 3 amide bonds. The molecule has 54 heavy (non-hydrogen) atoms. The zero-order chi connectivity index (χ0) is 39.3. The van der Waals surface area contributed by atoms with Gasteiger partial charge in [0.25, 0.3) is 11.8 Å². The molecule has 10 nitrogen and oxygen atoms in total. The number of nitrogens with zero attached hydrogens (tertiary/aromatic N) is 1. The van der Waals surface area contributed by atoms with E-state index in [1.54, 1.807) is 26.8 Å². The lowest BCUT2D eigenvalue weighted by molar-refractivity contribution is -0.140. The van der Waals surface area contributed by atoms with E-state index in [4.69, 9.17) is 14.3 Å². The largest absolute Gasteiger partial charge is 0.496 e. The highest BCUT2D eigenvalue weighted by Crippen LogP contribution is 2.42.